The molecule has 3 aromatic carbocycles. The number of halogens is 1. The van der Waals surface area contributed by atoms with E-state index in [1.807, 2.05) is 0 Å². The van der Waals surface area contributed by atoms with E-state index in [-0.39, 0.29) is 28.3 Å². The highest BCUT2D eigenvalue weighted by Gasteiger charge is 2.22. The molecule has 1 aromatic heterocycles. The van der Waals surface area contributed by atoms with Crippen molar-refractivity contribution in [3.8, 4) is 0 Å². The number of rotatable bonds is 5. The number of esters is 1. The highest BCUT2D eigenvalue weighted by Crippen LogP contribution is 2.21. The van der Waals surface area contributed by atoms with Crippen LogP contribution >= 0.6 is 11.6 Å². The van der Waals surface area contributed by atoms with Gasteiger partial charge < -0.3 is 9.72 Å². The van der Waals surface area contributed by atoms with Gasteiger partial charge in [-0.05, 0) is 49.4 Å². The lowest BCUT2D eigenvalue weighted by atomic mass is 9.98. The van der Waals surface area contributed by atoms with E-state index in [0.29, 0.717) is 21.5 Å². The summed E-state index contributed by atoms with van der Waals surface area (Å²) in [7, 11) is 0. The third-order valence-electron chi connectivity index (χ3n) is 4.80. The topological polar surface area (TPSA) is 89.1 Å². The van der Waals surface area contributed by atoms with Crippen LogP contribution in [0, 0.1) is 0 Å². The van der Waals surface area contributed by atoms with Crippen LogP contribution in [0.1, 0.15) is 45.1 Å². The number of carbonyl (C=O) groups is 2. The summed E-state index contributed by atoms with van der Waals surface area (Å²) in [6.07, 6.45) is -0.830. The number of fused-ring (bicyclic) bond motifs is 1. The fraction of sp³-hybridized carbons (Fsp3) is 0.0833. The van der Waals surface area contributed by atoms with Crippen LogP contribution in [0.3, 0.4) is 0 Å². The Labute approximate surface area is 182 Å². The van der Waals surface area contributed by atoms with Crippen molar-refractivity contribution in [3.63, 3.8) is 0 Å². The fourth-order valence-electron chi connectivity index (χ4n) is 3.19. The number of ether oxygens (including phenoxy) is 1. The second kappa shape index (κ2) is 8.53. The molecule has 7 heteroatoms. The fourth-order valence-corrected chi connectivity index (χ4v) is 3.32. The van der Waals surface area contributed by atoms with E-state index >= 15 is 0 Å². The zero-order chi connectivity index (χ0) is 22.0. The number of hydrogen-bond donors (Lipinski definition) is 1. The molecule has 0 spiro atoms. The normalized spacial score (nSPS) is 11.8. The Balaban J connectivity index is 1.61. The van der Waals surface area contributed by atoms with Crippen molar-refractivity contribution in [1.29, 1.82) is 0 Å². The number of hydrogen-bond acceptors (Lipinski definition) is 5. The third kappa shape index (κ3) is 4.25. The number of benzene rings is 3. The van der Waals surface area contributed by atoms with Crippen LogP contribution in [0.5, 0.6) is 0 Å². The number of nitrogens with one attached hydrogen (secondary N) is 1. The van der Waals surface area contributed by atoms with E-state index in [2.05, 4.69) is 9.97 Å². The first-order valence-corrected chi connectivity index (χ1v) is 9.91. The van der Waals surface area contributed by atoms with Gasteiger partial charge in [-0.15, -0.1) is 0 Å². The Morgan fingerprint density at radius 2 is 1.58 bits per heavy atom. The number of para-hydroxylation sites is 1. The van der Waals surface area contributed by atoms with Gasteiger partial charge in [0, 0.05) is 16.1 Å². The van der Waals surface area contributed by atoms with E-state index < -0.39 is 12.1 Å². The Kier molecular flexibility index (Phi) is 5.64. The molecule has 0 unspecified atom stereocenters. The minimum atomic E-state index is -0.830. The van der Waals surface area contributed by atoms with Gasteiger partial charge in [0.15, 0.2) is 17.7 Å². The van der Waals surface area contributed by atoms with E-state index in [1.165, 1.54) is 6.07 Å². The number of H-pyrrole nitrogens is 1. The predicted molar refractivity (Wildman–Crippen MR) is 118 cm³/mol. The second-order valence-corrected chi connectivity index (χ2v) is 7.33. The van der Waals surface area contributed by atoms with Gasteiger partial charge >= 0.3 is 5.97 Å². The molecule has 1 N–H and O–H groups in total. The molecular formula is C24H17ClN2O4. The summed E-state index contributed by atoms with van der Waals surface area (Å²) in [6.45, 7) is 1.61. The molecule has 1 heterocycles. The van der Waals surface area contributed by atoms with E-state index in [9.17, 15) is 14.4 Å². The Hall–Kier alpha value is -3.77. The maximum atomic E-state index is 12.9. The number of ketones is 1. The molecule has 31 heavy (non-hydrogen) atoms. The average molecular weight is 433 g/mol. The van der Waals surface area contributed by atoms with Gasteiger partial charge in [-0.25, -0.2) is 9.78 Å². The van der Waals surface area contributed by atoms with Crippen molar-refractivity contribution >= 4 is 34.3 Å². The van der Waals surface area contributed by atoms with Gasteiger partial charge in [-0.3, -0.25) is 9.59 Å². The van der Waals surface area contributed by atoms with Crippen LogP contribution in [-0.2, 0) is 4.74 Å². The molecule has 0 radical (unpaired) electrons. The maximum Gasteiger partial charge on any atom is 0.339 e. The largest absolute Gasteiger partial charge is 0.451 e. The smallest absolute Gasteiger partial charge is 0.339 e. The highest BCUT2D eigenvalue weighted by molar-refractivity contribution is 6.30. The van der Waals surface area contributed by atoms with Gasteiger partial charge in [0.25, 0.3) is 5.56 Å². The summed E-state index contributed by atoms with van der Waals surface area (Å²) in [5, 5.41) is 0.957. The van der Waals surface area contributed by atoms with Gasteiger partial charge in [-0.2, -0.15) is 0 Å². The van der Waals surface area contributed by atoms with Crippen molar-refractivity contribution in [2.45, 2.75) is 13.0 Å². The molecule has 4 rings (SSSR count). The average Bonchev–Trinajstić information content (AvgIpc) is 2.79. The first kappa shape index (κ1) is 20.5. The lowest BCUT2D eigenvalue weighted by Gasteiger charge is -2.14. The van der Waals surface area contributed by atoms with Gasteiger partial charge in [0.05, 0.1) is 16.5 Å². The molecule has 0 aliphatic carbocycles. The molecule has 6 nitrogen and oxygen atoms in total. The second-order valence-electron chi connectivity index (χ2n) is 6.90. The number of carbonyl (C=O) groups excluding carboxylic acids is 2. The standard InChI is InChI=1S/C24H17ClN2O4/c1-14(22-26-20-9-5-4-8-19(20)23(29)27-22)31-24(30)18-7-3-2-6-17(18)21(28)15-10-12-16(25)13-11-15/h2-14H,1H3,(H,26,27,29)/t14-/m1/s1. The molecule has 0 fully saturated rings. The zero-order valence-corrected chi connectivity index (χ0v) is 17.2. The van der Waals surface area contributed by atoms with Crippen LogP contribution in [-0.4, -0.2) is 21.7 Å². The molecule has 0 saturated heterocycles. The molecule has 0 aliphatic rings. The van der Waals surface area contributed by atoms with Crippen LogP contribution < -0.4 is 5.56 Å². The first-order valence-electron chi connectivity index (χ1n) is 9.53. The molecule has 0 saturated carbocycles. The minimum absolute atomic E-state index is 0.123. The maximum absolute atomic E-state index is 12.9. The van der Waals surface area contributed by atoms with Gasteiger partial charge in [-0.1, -0.05) is 41.9 Å². The predicted octanol–water partition coefficient (Wildman–Crippen LogP) is 4.73. The molecular weight excluding hydrogens is 416 g/mol. The Bertz CT molecular complexity index is 1350. The summed E-state index contributed by atoms with van der Waals surface area (Å²) in [6, 6.07) is 19.7. The number of aromatic nitrogens is 2. The van der Waals surface area contributed by atoms with Crippen molar-refractivity contribution in [2.24, 2.45) is 0 Å². The lowest BCUT2D eigenvalue weighted by molar-refractivity contribution is 0.0318. The summed E-state index contributed by atoms with van der Waals surface area (Å²) in [5.41, 5.74) is 0.918. The highest BCUT2D eigenvalue weighted by atomic mass is 35.5. The molecule has 1 atom stereocenters. The van der Waals surface area contributed by atoms with Crippen LogP contribution in [0.2, 0.25) is 5.02 Å². The Morgan fingerprint density at radius 3 is 2.32 bits per heavy atom. The van der Waals surface area contributed by atoms with Crippen molar-refractivity contribution in [1.82, 2.24) is 9.97 Å². The molecule has 4 aromatic rings. The lowest BCUT2D eigenvalue weighted by Crippen LogP contribution is -2.19. The quantitative estimate of drug-likeness (QED) is 0.364. The van der Waals surface area contributed by atoms with Gasteiger partial charge in [0.2, 0.25) is 0 Å². The van der Waals surface area contributed by atoms with Gasteiger partial charge in [0.1, 0.15) is 0 Å². The summed E-state index contributed by atoms with van der Waals surface area (Å²) >= 11 is 5.89. The minimum Gasteiger partial charge on any atom is -0.451 e. The van der Waals surface area contributed by atoms with Crippen LogP contribution in [0.25, 0.3) is 10.9 Å². The van der Waals surface area contributed by atoms with Crippen molar-refractivity contribution in [3.05, 3.63) is 111 Å². The van der Waals surface area contributed by atoms with E-state index in [0.717, 1.165) is 0 Å². The van der Waals surface area contributed by atoms with E-state index in [4.69, 9.17) is 16.3 Å². The number of aromatic amines is 1. The monoisotopic (exact) mass is 432 g/mol. The molecule has 0 aliphatic heterocycles. The summed E-state index contributed by atoms with van der Waals surface area (Å²) in [5.74, 6) is -0.797. The Morgan fingerprint density at radius 1 is 0.935 bits per heavy atom. The SMILES string of the molecule is C[C@@H](OC(=O)c1ccccc1C(=O)c1ccc(Cl)cc1)c1nc2ccccc2c(=O)[nH]1. The number of nitrogens with zero attached hydrogens (tertiary/aromatic N) is 1. The summed E-state index contributed by atoms with van der Waals surface area (Å²) in [4.78, 5) is 45.1. The van der Waals surface area contributed by atoms with E-state index in [1.54, 1.807) is 73.7 Å². The van der Waals surface area contributed by atoms with Crippen LogP contribution in [0.15, 0.2) is 77.6 Å². The third-order valence-corrected chi connectivity index (χ3v) is 5.05. The molecule has 0 bridgehead atoms. The van der Waals surface area contributed by atoms with Crippen molar-refractivity contribution in [2.75, 3.05) is 0 Å². The van der Waals surface area contributed by atoms with Crippen molar-refractivity contribution < 1.29 is 14.3 Å². The van der Waals surface area contributed by atoms with Crippen LogP contribution in [0.4, 0.5) is 0 Å². The molecule has 154 valence electrons. The first-order chi connectivity index (χ1) is 14.9. The molecule has 0 amide bonds. The summed E-state index contributed by atoms with van der Waals surface area (Å²) < 4.78 is 5.53. The zero-order valence-electron chi connectivity index (χ0n) is 16.5.